The van der Waals surface area contributed by atoms with Gasteiger partial charge in [0.1, 0.15) is 0 Å². The normalized spacial score (nSPS) is 7.09. The number of rotatable bonds is 0. The summed E-state index contributed by atoms with van der Waals surface area (Å²) in [6, 6.07) is 7.15. The van der Waals surface area contributed by atoms with Gasteiger partial charge in [0.25, 0.3) is 0 Å². The minimum Gasteiger partial charge on any atom is -0.399 e. The number of hydrogen-bond donors (Lipinski definition) is 2. The topological polar surface area (TPSA) is 52.0 Å². The Morgan fingerprint density at radius 2 is 1.36 bits per heavy atom. The summed E-state index contributed by atoms with van der Waals surface area (Å²) >= 11 is 0. The molecule has 4 N–H and O–H groups in total. The Labute approximate surface area is 69.2 Å². The predicted molar refractivity (Wildman–Crippen MR) is 53.3 cm³/mol. The summed E-state index contributed by atoms with van der Waals surface area (Å²) in [5, 5.41) is 0. The number of hydrogen-bond acceptors (Lipinski definition) is 2. The molecule has 64 valence electrons. The largest absolute Gasteiger partial charge is 0.399 e. The second kappa shape index (κ2) is 6.93. The lowest BCUT2D eigenvalue weighted by molar-refractivity contribution is 1.50. The van der Waals surface area contributed by atoms with Crippen LogP contribution in [0.5, 0.6) is 0 Å². The van der Waals surface area contributed by atoms with Gasteiger partial charge in [0, 0.05) is 11.4 Å². The lowest BCUT2D eigenvalue weighted by Gasteiger charge is -1.91. The second-order valence-electron chi connectivity index (χ2n) is 1.67. The molecular weight excluding hydrogens is 136 g/mol. The fourth-order valence-electron chi connectivity index (χ4n) is 0.559. The van der Waals surface area contributed by atoms with Gasteiger partial charge in [-0.25, -0.2) is 0 Å². The van der Waals surface area contributed by atoms with Gasteiger partial charge in [-0.3, -0.25) is 0 Å². The molecule has 0 radical (unpaired) electrons. The van der Waals surface area contributed by atoms with Crippen molar-refractivity contribution in [3.8, 4) is 0 Å². The molecule has 0 aliphatic carbocycles. The van der Waals surface area contributed by atoms with Crippen LogP contribution in [0.2, 0.25) is 0 Å². The van der Waals surface area contributed by atoms with Crippen LogP contribution in [-0.2, 0) is 0 Å². The average Bonchev–Trinajstić information content (AvgIpc) is 1.91. The molecule has 0 unspecified atom stereocenters. The zero-order chi connectivity index (χ0) is 7.98. The van der Waals surface area contributed by atoms with Crippen LogP contribution in [0.25, 0.3) is 0 Å². The minimum atomic E-state index is 0. The Hall–Kier alpha value is -1.18. The van der Waals surface area contributed by atoms with Gasteiger partial charge >= 0.3 is 0 Å². The zero-order valence-electron chi connectivity index (χ0n) is 6.46. The first-order chi connectivity index (χ1) is 4.79. The fraction of sp³-hybridized carbons (Fsp3) is 0.333. The summed E-state index contributed by atoms with van der Waals surface area (Å²) in [5.74, 6) is 0. The number of benzene rings is 1. The quantitative estimate of drug-likeness (QED) is 0.564. The van der Waals surface area contributed by atoms with Gasteiger partial charge in [0.2, 0.25) is 0 Å². The van der Waals surface area contributed by atoms with Gasteiger partial charge in [-0.05, 0) is 18.2 Å². The van der Waals surface area contributed by atoms with Crippen LogP contribution in [-0.4, -0.2) is 0 Å². The molecule has 0 aromatic heterocycles. The average molecular weight is 154 g/mol. The predicted octanol–water partition coefficient (Wildman–Crippen LogP) is 2.51. The van der Waals surface area contributed by atoms with E-state index in [9.17, 15) is 0 Å². The molecule has 2 heteroatoms. The van der Waals surface area contributed by atoms with Crippen LogP contribution >= 0.6 is 0 Å². The van der Waals surface area contributed by atoms with Crippen molar-refractivity contribution in [2.45, 2.75) is 21.3 Å². The van der Waals surface area contributed by atoms with Gasteiger partial charge in [0.15, 0.2) is 0 Å². The van der Waals surface area contributed by atoms with Crippen molar-refractivity contribution in [1.29, 1.82) is 0 Å². The Balaban J connectivity index is 0. The summed E-state index contributed by atoms with van der Waals surface area (Å²) in [7, 11) is 0. The van der Waals surface area contributed by atoms with Crippen molar-refractivity contribution < 1.29 is 0 Å². The maximum atomic E-state index is 5.38. The molecule has 0 fully saturated rings. The van der Waals surface area contributed by atoms with E-state index in [1.165, 1.54) is 0 Å². The van der Waals surface area contributed by atoms with Crippen LogP contribution in [0.1, 0.15) is 21.3 Å². The molecule has 0 aliphatic heterocycles. The van der Waals surface area contributed by atoms with E-state index in [1.54, 1.807) is 18.2 Å². The van der Waals surface area contributed by atoms with E-state index in [-0.39, 0.29) is 7.43 Å². The first-order valence-electron chi connectivity index (χ1n) is 3.40. The molecule has 1 aromatic rings. The highest BCUT2D eigenvalue weighted by molar-refractivity contribution is 5.50. The third kappa shape index (κ3) is 5.27. The van der Waals surface area contributed by atoms with Gasteiger partial charge < -0.3 is 11.5 Å². The van der Waals surface area contributed by atoms with Crippen molar-refractivity contribution in [3.05, 3.63) is 24.3 Å². The SMILES string of the molecule is C.CC.Nc1cccc(N)c1. The van der Waals surface area contributed by atoms with Crippen LogP contribution < -0.4 is 11.5 Å². The maximum Gasteiger partial charge on any atom is 0.0334 e. The van der Waals surface area contributed by atoms with Crippen molar-refractivity contribution in [3.63, 3.8) is 0 Å². The molecule has 11 heavy (non-hydrogen) atoms. The summed E-state index contributed by atoms with van der Waals surface area (Å²) in [6.45, 7) is 4.00. The van der Waals surface area contributed by atoms with Gasteiger partial charge in [-0.2, -0.15) is 0 Å². The lowest BCUT2D eigenvalue weighted by Crippen LogP contribution is -1.87. The maximum absolute atomic E-state index is 5.38. The smallest absolute Gasteiger partial charge is 0.0334 e. The summed E-state index contributed by atoms with van der Waals surface area (Å²) in [6.07, 6.45) is 0. The van der Waals surface area contributed by atoms with E-state index >= 15 is 0 Å². The van der Waals surface area contributed by atoms with E-state index in [0.29, 0.717) is 11.4 Å². The van der Waals surface area contributed by atoms with E-state index in [2.05, 4.69) is 0 Å². The second-order valence-corrected chi connectivity index (χ2v) is 1.67. The molecular formula is C9H18N2. The van der Waals surface area contributed by atoms with Crippen LogP contribution in [0, 0.1) is 0 Å². The molecule has 0 aliphatic rings. The summed E-state index contributed by atoms with van der Waals surface area (Å²) in [4.78, 5) is 0. The summed E-state index contributed by atoms with van der Waals surface area (Å²) in [5.41, 5.74) is 12.2. The molecule has 1 aromatic carbocycles. The molecule has 2 nitrogen and oxygen atoms in total. The highest BCUT2D eigenvalue weighted by Gasteiger charge is 1.81. The van der Waals surface area contributed by atoms with Crippen molar-refractivity contribution in [2.75, 3.05) is 11.5 Å². The zero-order valence-corrected chi connectivity index (χ0v) is 6.46. The van der Waals surface area contributed by atoms with Crippen molar-refractivity contribution in [1.82, 2.24) is 0 Å². The van der Waals surface area contributed by atoms with E-state index < -0.39 is 0 Å². The Bertz CT molecular complexity index is 167. The van der Waals surface area contributed by atoms with E-state index in [4.69, 9.17) is 11.5 Å². The van der Waals surface area contributed by atoms with Gasteiger partial charge in [-0.15, -0.1) is 0 Å². The van der Waals surface area contributed by atoms with Gasteiger partial charge in [-0.1, -0.05) is 27.3 Å². The molecule has 0 atom stereocenters. The monoisotopic (exact) mass is 154 g/mol. The fourth-order valence-corrected chi connectivity index (χ4v) is 0.559. The lowest BCUT2D eigenvalue weighted by atomic mass is 10.3. The standard InChI is InChI=1S/C6H8N2.C2H6.CH4/c7-5-2-1-3-6(8)4-5;1-2;/h1-4H,7-8H2;1-2H3;1H4. The molecule has 0 heterocycles. The Morgan fingerprint density at radius 3 is 1.55 bits per heavy atom. The van der Waals surface area contributed by atoms with Crippen molar-refractivity contribution in [2.24, 2.45) is 0 Å². The summed E-state index contributed by atoms with van der Waals surface area (Å²) < 4.78 is 0. The molecule has 0 saturated carbocycles. The Kier molecular flexibility index (Phi) is 7.87. The van der Waals surface area contributed by atoms with Crippen molar-refractivity contribution >= 4 is 11.4 Å². The molecule has 0 saturated heterocycles. The molecule has 0 amide bonds. The number of anilines is 2. The highest BCUT2D eigenvalue weighted by atomic mass is 14.6. The third-order valence-electron chi connectivity index (χ3n) is 0.911. The minimum absolute atomic E-state index is 0. The first kappa shape index (κ1) is 12.5. The van der Waals surface area contributed by atoms with Crippen LogP contribution in [0.15, 0.2) is 24.3 Å². The molecule has 1 rings (SSSR count). The van der Waals surface area contributed by atoms with E-state index in [0.717, 1.165) is 0 Å². The third-order valence-corrected chi connectivity index (χ3v) is 0.911. The van der Waals surface area contributed by atoms with Crippen LogP contribution in [0.4, 0.5) is 11.4 Å². The molecule has 0 bridgehead atoms. The number of nitrogen functional groups attached to an aromatic ring is 2. The highest BCUT2D eigenvalue weighted by Crippen LogP contribution is 2.06. The Morgan fingerprint density at radius 1 is 1.00 bits per heavy atom. The van der Waals surface area contributed by atoms with E-state index in [1.807, 2.05) is 19.9 Å². The number of nitrogens with two attached hydrogens (primary N) is 2. The van der Waals surface area contributed by atoms with Gasteiger partial charge in [0.05, 0.1) is 0 Å². The molecule has 0 spiro atoms. The first-order valence-corrected chi connectivity index (χ1v) is 3.40. The van der Waals surface area contributed by atoms with Crippen LogP contribution in [0.3, 0.4) is 0 Å².